The Hall–Kier alpha value is -2.52. The maximum absolute atomic E-state index is 12.2. The number of likely N-dealkylation sites (N-methyl/N-ethyl adjacent to an activating group) is 1. The van der Waals surface area contributed by atoms with Crippen molar-refractivity contribution in [1.82, 2.24) is 20.3 Å². The van der Waals surface area contributed by atoms with Crippen LogP contribution in [0.3, 0.4) is 0 Å². The van der Waals surface area contributed by atoms with E-state index in [0.717, 1.165) is 18.5 Å². The number of rotatable bonds is 9. The van der Waals surface area contributed by atoms with E-state index < -0.39 is 0 Å². The second-order valence-electron chi connectivity index (χ2n) is 6.14. The van der Waals surface area contributed by atoms with Crippen molar-refractivity contribution in [3.8, 4) is 0 Å². The van der Waals surface area contributed by atoms with Crippen LogP contribution in [-0.2, 0) is 17.6 Å². The summed E-state index contributed by atoms with van der Waals surface area (Å²) in [7, 11) is 3.63. The lowest BCUT2D eigenvalue weighted by molar-refractivity contribution is 0.0943. The van der Waals surface area contributed by atoms with Crippen molar-refractivity contribution < 1.29 is 9.53 Å². The third-order valence-electron chi connectivity index (χ3n) is 4.20. The number of aryl methyl sites for hydroxylation is 1. The topological polar surface area (TPSA) is 86.0 Å². The molecule has 150 valence electrons. The number of carbonyl (C=O) groups excluding carboxylic acids is 1. The molecule has 0 aliphatic rings. The molecule has 3 N–H and O–H groups in total. The van der Waals surface area contributed by atoms with Crippen molar-refractivity contribution in [3.63, 3.8) is 0 Å². The summed E-state index contributed by atoms with van der Waals surface area (Å²) in [6.07, 6.45) is 5.49. The number of methoxy groups -OCH3 is 1. The zero-order valence-corrected chi connectivity index (χ0v) is 17.9. The molecule has 9 heteroatoms. The van der Waals surface area contributed by atoms with Gasteiger partial charge in [-0.1, -0.05) is 13.0 Å². The molecule has 1 amide bonds. The van der Waals surface area contributed by atoms with Crippen molar-refractivity contribution in [3.05, 3.63) is 57.0 Å². The van der Waals surface area contributed by atoms with Crippen LogP contribution in [0.25, 0.3) is 0 Å². The van der Waals surface area contributed by atoms with Crippen LogP contribution < -0.4 is 10.2 Å². The fourth-order valence-electron chi connectivity index (χ4n) is 2.71. The van der Waals surface area contributed by atoms with Gasteiger partial charge in [0.05, 0.1) is 13.4 Å². The van der Waals surface area contributed by atoms with Crippen molar-refractivity contribution in [1.29, 1.82) is 0 Å². The van der Waals surface area contributed by atoms with Crippen LogP contribution in [-0.4, -0.2) is 48.1 Å². The van der Waals surface area contributed by atoms with Crippen molar-refractivity contribution in [2.75, 3.05) is 32.1 Å². The van der Waals surface area contributed by atoms with Gasteiger partial charge in [0.2, 0.25) is 10.6 Å². The van der Waals surface area contributed by atoms with Gasteiger partial charge in [-0.2, -0.15) is 4.98 Å². The number of aromatic nitrogens is 3. The highest BCUT2D eigenvalue weighted by molar-refractivity contribution is 7.71. The van der Waals surface area contributed by atoms with E-state index in [1.54, 1.807) is 13.4 Å². The molecule has 0 bridgehead atoms. The molecule has 0 fully saturated rings. The Labute approximate surface area is 174 Å². The molecule has 2 rings (SSSR count). The maximum atomic E-state index is 12.2. The highest BCUT2D eigenvalue weighted by atomic mass is 32.1. The number of nitrogens with zero attached hydrogens (tertiary/aromatic N) is 2. The Kier molecular flexibility index (Phi) is 8.34. The molecule has 0 atom stereocenters. The summed E-state index contributed by atoms with van der Waals surface area (Å²) in [6, 6.07) is 6.42. The first-order chi connectivity index (χ1) is 13.4. The molecule has 2 aromatic rings. The molecule has 7 nitrogen and oxygen atoms in total. The molecule has 0 aliphatic heterocycles. The van der Waals surface area contributed by atoms with Crippen LogP contribution in [0, 0.1) is 9.54 Å². The van der Waals surface area contributed by atoms with Crippen LogP contribution >= 0.6 is 24.4 Å². The van der Waals surface area contributed by atoms with E-state index in [4.69, 9.17) is 29.2 Å². The summed E-state index contributed by atoms with van der Waals surface area (Å²) in [5.74, 6) is -0.234. The van der Waals surface area contributed by atoms with Crippen LogP contribution in [0.4, 0.5) is 5.69 Å². The fourth-order valence-corrected chi connectivity index (χ4v) is 3.16. The second-order valence-corrected chi connectivity index (χ2v) is 6.94. The number of anilines is 1. The van der Waals surface area contributed by atoms with Gasteiger partial charge in [0, 0.05) is 25.8 Å². The fraction of sp³-hybridized carbons (Fsp3) is 0.368. The van der Waals surface area contributed by atoms with Gasteiger partial charge < -0.3 is 24.9 Å². The first-order valence-electron chi connectivity index (χ1n) is 8.94. The van der Waals surface area contributed by atoms with E-state index in [1.165, 1.54) is 11.1 Å². The van der Waals surface area contributed by atoms with Gasteiger partial charge in [-0.05, 0) is 66.6 Å². The Morgan fingerprint density at radius 1 is 1.32 bits per heavy atom. The van der Waals surface area contributed by atoms with Gasteiger partial charge in [0.1, 0.15) is 0 Å². The minimum Gasteiger partial charge on any atom is -0.505 e. The van der Waals surface area contributed by atoms with Crippen molar-refractivity contribution in [2.24, 2.45) is 0 Å². The lowest BCUT2D eigenvalue weighted by atomic mass is 10.0. The monoisotopic (exact) mass is 419 g/mol. The van der Waals surface area contributed by atoms with Crippen molar-refractivity contribution >= 4 is 36.0 Å². The van der Waals surface area contributed by atoms with Gasteiger partial charge in [0.15, 0.2) is 4.77 Å². The highest BCUT2D eigenvalue weighted by Crippen LogP contribution is 2.20. The summed E-state index contributed by atoms with van der Waals surface area (Å²) in [5, 5.41) is 2.82. The molecule has 1 aromatic heterocycles. The number of ether oxygens (including phenoxy) is 1. The number of hydrogen-bond acceptors (Lipinski definition) is 6. The molecule has 0 aliphatic carbocycles. The van der Waals surface area contributed by atoms with Gasteiger partial charge in [-0.25, -0.2) is 0 Å². The quantitative estimate of drug-likeness (QED) is 0.427. The van der Waals surface area contributed by atoms with Crippen LogP contribution in [0.15, 0.2) is 30.5 Å². The molecule has 0 saturated carbocycles. The minimum absolute atomic E-state index is 0.107. The van der Waals surface area contributed by atoms with E-state index in [-0.39, 0.29) is 21.3 Å². The smallest absolute Gasteiger partial charge is 0.287 e. The minimum atomic E-state index is -0.341. The second kappa shape index (κ2) is 10.7. The molecule has 0 spiro atoms. The molecular formula is C19H25N5O2S2. The van der Waals surface area contributed by atoms with E-state index >= 15 is 0 Å². The first-order valence-corrected chi connectivity index (χ1v) is 9.75. The van der Waals surface area contributed by atoms with Gasteiger partial charge >= 0.3 is 0 Å². The van der Waals surface area contributed by atoms with Crippen LogP contribution in [0.2, 0.25) is 0 Å². The number of allylic oxidation sites excluding steroid dienone is 1. The van der Waals surface area contributed by atoms with Crippen LogP contribution in [0.1, 0.15) is 28.7 Å². The summed E-state index contributed by atoms with van der Waals surface area (Å²) in [4.78, 5) is 23.6. The molecule has 0 saturated heterocycles. The number of carbonyl (C=O) groups is 1. The molecule has 0 radical (unpaired) electrons. The summed E-state index contributed by atoms with van der Waals surface area (Å²) in [5.41, 5.74) is 3.67. The number of H-pyrrole nitrogens is 2. The summed E-state index contributed by atoms with van der Waals surface area (Å²) in [6.45, 7) is 3.25. The number of hydrogen-bond donors (Lipinski definition) is 3. The summed E-state index contributed by atoms with van der Waals surface area (Å²) >= 11 is 9.92. The number of nitrogens with one attached hydrogen (secondary N) is 3. The Bertz CT molecular complexity index is 924. The lowest BCUT2D eigenvalue weighted by Gasteiger charge is -2.21. The average Bonchev–Trinajstić information content (AvgIpc) is 2.67. The maximum Gasteiger partial charge on any atom is 0.287 e. The molecule has 1 heterocycles. The lowest BCUT2D eigenvalue weighted by Crippen LogP contribution is -2.34. The molecular weight excluding hydrogens is 394 g/mol. The zero-order chi connectivity index (χ0) is 20.5. The third-order valence-corrected chi connectivity index (χ3v) is 4.59. The largest absolute Gasteiger partial charge is 0.505 e. The van der Waals surface area contributed by atoms with Gasteiger partial charge in [-0.15, -0.1) is 0 Å². The number of aromatic amines is 2. The predicted molar refractivity (Wildman–Crippen MR) is 116 cm³/mol. The SMILES string of the molecule is CCc1ccc(N(C)CCNC(=O)c2nc(=S)[nH]c(=S)[nH]2)cc1C/C=C/OC. The van der Waals surface area contributed by atoms with Gasteiger partial charge in [0.25, 0.3) is 5.91 Å². The number of benzene rings is 1. The van der Waals surface area contributed by atoms with E-state index in [0.29, 0.717) is 13.1 Å². The molecule has 0 unspecified atom stereocenters. The van der Waals surface area contributed by atoms with E-state index in [1.807, 2.05) is 13.1 Å². The van der Waals surface area contributed by atoms with E-state index in [2.05, 4.69) is 50.3 Å². The predicted octanol–water partition coefficient (Wildman–Crippen LogP) is 3.33. The number of amides is 1. The summed E-state index contributed by atoms with van der Waals surface area (Å²) < 4.78 is 5.44. The zero-order valence-electron chi connectivity index (χ0n) is 16.2. The average molecular weight is 420 g/mol. The van der Waals surface area contributed by atoms with Gasteiger partial charge in [-0.3, -0.25) is 4.79 Å². The molecule has 1 aromatic carbocycles. The van der Waals surface area contributed by atoms with E-state index in [9.17, 15) is 4.79 Å². The Morgan fingerprint density at radius 3 is 2.79 bits per heavy atom. The third kappa shape index (κ3) is 6.28. The Balaban J connectivity index is 1.98. The van der Waals surface area contributed by atoms with Crippen LogP contribution in [0.5, 0.6) is 0 Å². The van der Waals surface area contributed by atoms with Crippen molar-refractivity contribution in [2.45, 2.75) is 19.8 Å². The molecule has 28 heavy (non-hydrogen) atoms. The first kappa shape index (κ1) is 21.8. The normalized spacial score (nSPS) is 10.8. The highest BCUT2D eigenvalue weighted by Gasteiger charge is 2.09. The Morgan fingerprint density at radius 2 is 2.11 bits per heavy atom. The standard InChI is InChI=1S/C19H25N5O2S2/c1-4-13-7-8-15(12-14(13)6-5-11-26-3)24(2)10-9-20-17(25)16-21-18(27)23-19(28)22-16/h5,7-8,11-12H,4,6,9-10H2,1-3H3,(H,20,25)(H2,21,22,23,27,28)/b11-5+.